The Balaban J connectivity index is 1.70. The van der Waals surface area contributed by atoms with E-state index in [2.05, 4.69) is 6.92 Å². The third-order valence-corrected chi connectivity index (χ3v) is 7.49. The summed E-state index contributed by atoms with van der Waals surface area (Å²) in [6, 6.07) is 0. The molecule has 0 saturated heterocycles. The van der Waals surface area contributed by atoms with E-state index >= 15 is 0 Å². The molecule has 0 aromatic rings. The van der Waals surface area contributed by atoms with Gasteiger partial charge in [-0.1, -0.05) is 110 Å². The number of hydrogen-bond acceptors (Lipinski definition) is 3. The first-order valence-corrected chi connectivity index (χ1v) is 14.5. The first-order chi connectivity index (χ1) is 15.9. The van der Waals surface area contributed by atoms with Crippen LogP contribution in [0.3, 0.4) is 0 Å². The zero-order valence-electron chi connectivity index (χ0n) is 22.7. The number of carbonyl (C=O) groups is 2. The highest BCUT2D eigenvalue weighted by atomic mass is 16.5. The van der Waals surface area contributed by atoms with Crippen molar-refractivity contribution in [1.29, 1.82) is 0 Å². The summed E-state index contributed by atoms with van der Waals surface area (Å²) < 4.78 is 5.31. The maximum atomic E-state index is 11.7. The van der Waals surface area contributed by atoms with E-state index in [1.165, 1.54) is 109 Å². The Morgan fingerprint density at radius 1 is 0.788 bits per heavy atom. The second kappa shape index (κ2) is 18.5. The molecule has 0 aromatic heterocycles. The molecule has 1 aliphatic rings. The summed E-state index contributed by atoms with van der Waals surface area (Å²) in [5.74, 6) is 2.33. The van der Waals surface area contributed by atoms with Crippen LogP contribution in [0.1, 0.15) is 150 Å². The van der Waals surface area contributed by atoms with Crippen LogP contribution in [0.4, 0.5) is 0 Å². The Kier molecular flexibility index (Phi) is 16.9. The van der Waals surface area contributed by atoms with Crippen LogP contribution in [0.5, 0.6) is 0 Å². The maximum absolute atomic E-state index is 11.7. The van der Waals surface area contributed by atoms with Gasteiger partial charge in [-0.2, -0.15) is 0 Å². The molecule has 0 aromatic carbocycles. The highest BCUT2D eigenvalue weighted by molar-refractivity contribution is 5.75. The second-order valence-corrected chi connectivity index (χ2v) is 11.9. The number of hydrogen-bond donors (Lipinski definition) is 0. The standard InChI is InChI=1S/C30H56O3/c1-26(22-23-31)28-25-27(28)21-19-17-15-13-11-9-7-5-6-8-10-12-14-16-18-20-24-33-29(32)30(2,3)4/h23,26-28H,5-22,24-25H2,1-4H3/t26-,27-,28-/m0/s1. The summed E-state index contributed by atoms with van der Waals surface area (Å²) >= 11 is 0. The van der Waals surface area contributed by atoms with Gasteiger partial charge < -0.3 is 9.53 Å². The van der Waals surface area contributed by atoms with E-state index in [1.54, 1.807) is 0 Å². The lowest BCUT2D eigenvalue weighted by atomic mass is 9.97. The van der Waals surface area contributed by atoms with E-state index in [4.69, 9.17) is 4.74 Å². The van der Waals surface area contributed by atoms with E-state index in [-0.39, 0.29) is 11.4 Å². The molecule has 0 unspecified atom stereocenters. The SMILES string of the molecule is C[C@@H](CC=O)[C@@H]1C[C@@H]1CCCCCCCCCCCCCCCCCCOC(=O)C(C)(C)C. The van der Waals surface area contributed by atoms with Gasteiger partial charge in [0.1, 0.15) is 6.29 Å². The molecule has 0 spiro atoms. The Bertz CT molecular complexity index is 493. The summed E-state index contributed by atoms with van der Waals surface area (Å²) in [7, 11) is 0. The van der Waals surface area contributed by atoms with Crippen molar-refractivity contribution in [2.75, 3.05) is 6.61 Å². The van der Waals surface area contributed by atoms with Crippen LogP contribution in [0, 0.1) is 23.2 Å². The number of carbonyl (C=O) groups excluding carboxylic acids is 2. The molecule has 3 heteroatoms. The predicted octanol–water partition coefficient (Wildman–Crippen LogP) is 9.07. The molecule has 33 heavy (non-hydrogen) atoms. The summed E-state index contributed by atoms with van der Waals surface area (Å²) in [6.45, 7) is 8.55. The van der Waals surface area contributed by atoms with E-state index in [9.17, 15) is 9.59 Å². The van der Waals surface area contributed by atoms with Gasteiger partial charge >= 0.3 is 5.97 Å². The van der Waals surface area contributed by atoms with Gasteiger partial charge in [-0.25, -0.2) is 0 Å². The third kappa shape index (κ3) is 16.4. The van der Waals surface area contributed by atoms with Crippen LogP contribution < -0.4 is 0 Å². The van der Waals surface area contributed by atoms with Gasteiger partial charge in [-0.15, -0.1) is 0 Å². The number of ether oxygens (including phenoxy) is 1. The van der Waals surface area contributed by atoms with Crippen LogP contribution in [0.2, 0.25) is 0 Å². The molecular formula is C30H56O3. The van der Waals surface area contributed by atoms with Crippen LogP contribution in [-0.2, 0) is 14.3 Å². The van der Waals surface area contributed by atoms with Gasteiger partial charge in [0.05, 0.1) is 12.0 Å². The third-order valence-electron chi connectivity index (χ3n) is 7.49. The zero-order chi connectivity index (χ0) is 24.4. The Morgan fingerprint density at radius 3 is 1.64 bits per heavy atom. The van der Waals surface area contributed by atoms with Crippen molar-refractivity contribution in [2.45, 2.75) is 150 Å². The Labute approximate surface area is 206 Å². The quantitative estimate of drug-likeness (QED) is 0.0911. The largest absolute Gasteiger partial charge is 0.465 e. The molecule has 194 valence electrons. The van der Waals surface area contributed by atoms with Gasteiger partial charge in [0.25, 0.3) is 0 Å². The average Bonchev–Trinajstić information content (AvgIpc) is 3.54. The van der Waals surface area contributed by atoms with Crippen LogP contribution in [0.15, 0.2) is 0 Å². The molecule has 0 N–H and O–H groups in total. The lowest BCUT2D eigenvalue weighted by Crippen LogP contribution is -2.23. The highest BCUT2D eigenvalue weighted by Gasteiger charge is 2.39. The number of aldehydes is 1. The lowest BCUT2D eigenvalue weighted by Gasteiger charge is -2.16. The van der Waals surface area contributed by atoms with E-state index < -0.39 is 0 Å². The van der Waals surface area contributed by atoms with Gasteiger partial charge in [0, 0.05) is 6.42 Å². The number of esters is 1. The highest BCUT2D eigenvalue weighted by Crippen LogP contribution is 2.48. The van der Waals surface area contributed by atoms with Crippen molar-refractivity contribution < 1.29 is 14.3 Å². The minimum Gasteiger partial charge on any atom is -0.465 e. The minimum absolute atomic E-state index is 0.0805. The fraction of sp³-hybridized carbons (Fsp3) is 0.933. The predicted molar refractivity (Wildman–Crippen MR) is 140 cm³/mol. The summed E-state index contributed by atoms with van der Waals surface area (Å²) in [6.07, 6.45) is 26.3. The topological polar surface area (TPSA) is 43.4 Å². The molecule has 0 aliphatic heterocycles. The number of unbranched alkanes of at least 4 members (excludes halogenated alkanes) is 15. The normalized spacial score (nSPS) is 18.8. The van der Waals surface area contributed by atoms with Crippen molar-refractivity contribution in [1.82, 2.24) is 0 Å². The van der Waals surface area contributed by atoms with E-state index in [0.29, 0.717) is 12.5 Å². The van der Waals surface area contributed by atoms with E-state index in [0.717, 1.165) is 31.0 Å². The molecule has 1 aliphatic carbocycles. The maximum Gasteiger partial charge on any atom is 0.311 e. The van der Waals surface area contributed by atoms with Crippen molar-refractivity contribution >= 4 is 12.3 Å². The zero-order valence-corrected chi connectivity index (χ0v) is 22.7. The Hall–Kier alpha value is -0.860. The van der Waals surface area contributed by atoms with Crippen molar-refractivity contribution in [3.63, 3.8) is 0 Å². The molecule has 0 heterocycles. The van der Waals surface area contributed by atoms with Crippen LogP contribution >= 0.6 is 0 Å². The monoisotopic (exact) mass is 464 g/mol. The van der Waals surface area contributed by atoms with Gasteiger partial charge in [-0.3, -0.25) is 4.79 Å². The summed E-state index contributed by atoms with van der Waals surface area (Å²) in [5.41, 5.74) is -0.376. The smallest absolute Gasteiger partial charge is 0.311 e. The van der Waals surface area contributed by atoms with Crippen molar-refractivity contribution in [3.8, 4) is 0 Å². The van der Waals surface area contributed by atoms with Crippen molar-refractivity contribution in [2.24, 2.45) is 23.2 Å². The fourth-order valence-corrected chi connectivity index (χ4v) is 4.99. The lowest BCUT2D eigenvalue weighted by molar-refractivity contribution is -0.153. The fourth-order valence-electron chi connectivity index (χ4n) is 4.99. The van der Waals surface area contributed by atoms with E-state index in [1.807, 2.05) is 20.8 Å². The first kappa shape index (κ1) is 30.2. The minimum atomic E-state index is -0.376. The summed E-state index contributed by atoms with van der Waals surface area (Å²) in [4.78, 5) is 22.3. The van der Waals surface area contributed by atoms with Gasteiger partial charge in [0.2, 0.25) is 0 Å². The molecule has 3 nitrogen and oxygen atoms in total. The molecule has 1 saturated carbocycles. The average molecular weight is 465 g/mol. The summed E-state index contributed by atoms with van der Waals surface area (Å²) in [5, 5.41) is 0. The molecule has 0 amide bonds. The molecule has 1 rings (SSSR count). The van der Waals surface area contributed by atoms with Crippen molar-refractivity contribution in [3.05, 3.63) is 0 Å². The van der Waals surface area contributed by atoms with Crippen LogP contribution in [-0.4, -0.2) is 18.9 Å². The van der Waals surface area contributed by atoms with Gasteiger partial charge in [-0.05, 0) is 51.4 Å². The first-order valence-electron chi connectivity index (χ1n) is 14.5. The molecular weight excluding hydrogens is 408 g/mol. The second-order valence-electron chi connectivity index (χ2n) is 11.9. The van der Waals surface area contributed by atoms with Crippen LogP contribution in [0.25, 0.3) is 0 Å². The molecule has 0 radical (unpaired) electrons. The molecule has 3 atom stereocenters. The Morgan fingerprint density at radius 2 is 1.21 bits per heavy atom. The number of rotatable bonds is 22. The molecule has 0 bridgehead atoms. The molecule has 1 fully saturated rings. The van der Waals surface area contributed by atoms with Gasteiger partial charge in [0.15, 0.2) is 0 Å².